The van der Waals surface area contributed by atoms with Crippen molar-refractivity contribution >= 4 is 19.7 Å². The van der Waals surface area contributed by atoms with Gasteiger partial charge < -0.3 is 19.4 Å². The lowest BCUT2D eigenvalue weighted by Crippen LogP contribution is -2.47. The van der Waals surface area contributed by atoms with Gasteiger partial charge in [-0.25, -0.2) is 4.57 Å². The minimum atomic E-state index is -4.45. The van der Waals surface area contributed by atoms with Gasteiger partial charge in [0.25, 0.3) is 0 Å². The molecule has 1 amide bonds. The highest BCUT2D eigenvalue weighted by atomic mass is 31.2. The number of nitrogens with one attached hydrogen (secondary N) is 1. The van der Waals surface area contributed by atoms with Crippen molar-refractivity contribution in [1.29, 1.82) is 0 Å². The van der Waals surface area contributed by atoms with E-state index < -0.39 is 20.0 Å². The summed E-state index contributed by atoms with van der Waals surface area (Å²) in [5.41, 5.74) is 0. The fourth-order valence-corrected chi connectivity index (χ4v) is 11.5. The van der Waals surface area contributed by atoms with Crippen molar-refractivity contribution in [2.75, 3.05) is 40.9 Å². The fourth-order valence-electron chi connectivity index (χ4n) is 10.8. The highest BCUT2D eigenvalue weighted by molar-refractivity contribution is 7.47. The Morgan fingerprint density at radius 3 is 1.04 bits per heavy atom. The maximum absolute atomic E-state index is 13.6. The Bertz CT molecular complexity index is 1500. The summed E-state index contributed by atoms with van der Waals surface area (Å²) in [5, 5.41) is 3.07. The molecule has 3 unspecified atom stereocenters. The molecule has 0 saturated carbocycles. The van der Waals surface area contributed by atoms with Gasteiger partial charge in [0.2, 0.25) is 5.91 Å². The average molecular weight is 1180 g/mol. The third kappa shape index (κ3) is 62.8. The Hall–Kier alpha value is -1.77. The smallest absolute Gasteiger partial charge is 0.456 e. The van der Waals surface area contributed by atoms with E-state index in [1.807, 2.05) is 33.3 Å². The van der Waals surface area contributed by atoms with Gasteiger partial charge in [0, 0.05) is 12.8 Å². The summed E-state index contributed by atoms with van der Waals surface area (Å²) in [6.07, 6.45) is 77.3. The first kappa shape index (κ1) is 80.2. The SMILES string of the molecule is CCCCCCCC/C=C/CCCCCCCCCCCCCCCCCCCC(=O)OC(/C=C\CCCCCCCCCCCCC)C(COP(=O)(O)OCC[N+](C)(C)C)NC(=O)CCCCCCC/C=C/CCCCCCCCC. The summed E-state index contributed by atoms with van der Waals surface area (Å²) in [6, 6.07) is -0.850. The number of amides is 1. The van der Waals surface area contributed by atoms with Crippen molar-refractivity contribution in [2.24, 2.45) is 0 Å². The van der Waals surface area contributed by atoms with Gasteiger partial charge in [-0.2, -0.15) is 0 Å². The molecule has 9 nitrogen and oxygen atoms in total. The number of likely N-dealkylation sites (N-methyl/N-ethyl adjacent to an activating group) is 1. The molecule has 484 valence electrons. The van der Waals surface area contributed by atoms with E-state index in [9.17, 15) is 19.0 Å². The number of unbranched alkanes of at least 4 members (excludes halogenated alkanes) is 46. The van der Waals surface area contributed by atoms with Crippen molar-refractivity contribution in [2.45, 2.75) is 373 Å². The van der Waals surface area contributed by atoms with Gasteiger partial charge in [0.05, 0.1) is 33.8 Å². The third-order valence-corrected chi connectivity index (χ3v) is 17.3. The molecule has 2 N–H and O–H groups in total. The second-order valence-electron chi connectivity index (χ2n) is 25.8. The highest BCUT2D eigenvalue weighted by Crippen LogP contribution is 2.43. The molecular formula is C72H140N2O7P+. The molecule has 0 heterocycles. The molecule has 0 aromatic carbocycles. The molecule has 0 aliphatic rings. The molecule has 0 aromatic rings. The summed E-state index contributed by atoms with van der Waals surface area (Å²) >= 11 is 0. The molecular weight excluding hydrogens is 1040 g/mol. The second kappa shape index (κ2) is 62.3. The summed E-state index contributed by atoms with van der Waals surface area (Å²) in [4.78, 5) is 37.9. The van der Waals surface area contributed by atoms with Crippen molar-refractivity contribution in [3.05, 3.63) is 36.5 Å². The summed E-state index contributed by atoms with van der Waals surface area (Å²) in [7, 11) is 1.51. The van der Waals surface area contributed by atoms with Crippen LogP contribution in [0.15, 0.2) is 36.5 Å². The highest BCUT2D eigenvalue weighted by Gasteiger charge is 2.30. The Labute approximate surface area is 510 Å². The number of hydrogen-bond acceptors (Lipinski definition) is 6. The zero-order chi connectivity index (χ0) is 60.0. The Morgan fingerprint density at radius 1 is 0.415 bits per heavy atom. The Kier molecular flexibility index (Phi) is 60.9. The molecule has 82 heavy (non-hydrogen) atoms. The van der Waals surface area contributed by atoms with Crippen molar-refractivity contribution in [1.82, 2.24) is 5.32 Å². The van der Waals surface area contributed by atoms with Crippen LogP contribution in [-0.4, -0.2) is 74.3 Å². The maximum atomic E-state index is 13.6. The topological polar surface area (TPSA) is 111 Å². The molecule has 0 aliphatic heterocycles. The van der Waals surface area contributed by atoms with Gasteiger partial charge in [0.1, 0.15) is 19.3 Å². The number of ether oxygens (including phenoxy) is 1. The molecule has 0 bridgehead atoms. The molecule has 10 heteroatoms. The van der Waals surface area contributed by atoms with Crippen LogP contribution in [0.2, 0.25) is 0 Å². The Balaban J connectivity index is 5.01. The molecule has 0 spiro atoms. The van der Waals surface area contributed by atoms with Crippen LogP contribution in [0.25, 0.3) is 0 Å². The molecule has 0 aromatic heterocycles. The molecule has 0 aliphatic carbocycles. The van der Waals surface area contributed by atoms with Gasteiger partial charge in [-0.3, -0.25) is 18.6 Å². The summed E-state index contributed by atoms with van der Waals surface area (Å²) in [6.45, 7) is 7.06. The van der Waals surface area contributed by atoms with E-state index in [1.54, 1.807) is 0 Å². The molecule has 0 radical (unpaired) electrons. The van der Waals surface area contributed by atoms with Crippen LogP contribution in [0.3, 0.4) is 0 Å². The van der Waals surface area contributed by atoms with Gasteiger partial charge in [-0.05, 0) is 83.1 Å². The van der Waals surface area contributed by atoms with Crippen LogP contribution in [0.4, 0.5) is 0 Å². The van der Waals surface area contributed by atoms with Crippen molar-refractivity contribution in [3.8, 4) is 0 Å². The molecule has 0 rings (SSSR count). The minimum Gasteiger partial charge on any atom is -0.456 e. The summed E-state index contributed by atoms with van der Waals surface area (Å²) in [5.74, 6) is -0.496. The van der Waals surface area contributed by atoms with E-state index in [0.29, 0.717) is 23.9 Å². The number of esters is 1. The number of carbonyl (C=O) groups is 2. The molecule has 0 fully saturated rings. The van der Waals surface area contributed by atoms with E-state index in [1.165, 1.54) is 250 Å². The molecule has 0 saturated heterocycles. The van der Waals surface area contributed by atoms with E-state index in [-0.39, 0.29) is 25.1 Å². The fraction of sp³-hybridized carbons (Fsp3) is 0.889. The normalized spacial score (nSPS) is 13.7. The average Bonchev–Trinajstić information content (AvgIpc) is 3.45. The number of allylic oxidation sites excluding steroid dienone is 5. The number of quaternary nitrogens is 1. The lowest BCUT2D eigenvalue weighted by Gasteiger charge is -2.27. The van der Waals surface area contributed by atoms with Crippen LogP contribution >= 0.6 is 7.82 Å². The predicted molar refractivity (Wildman–Crippen MR) is 356 cm³/mol. The Morgan fingerprint density at radius 2 is 0.707 bits per heavy atom. The number of hydrogen-bond donors (Lipinski definition) is 2. The lowest BCUT2D eigenvalue weighted by molar-refractivity contribution is -0.870. The number of phosphoric acid groups is 1. The standard InChI is InChI=1S/C72H139N2O7P/c1-7-10-13-16-19-22-25-28-30-32-33-34-35-36-37-38-39-40-41-42-44-47-50-53-56-59-62-65-72(76)81-70(63-60-57-54-51-48-45-27-24-21-18-15-12-9-3)69(68-80-82(77,78)79-67-66-74(4,5)6)73-71(75)64-61-58-55-52-49-46-43-31-29-26-23-20-17-14-11-8-2/h28,30-31,43,60,63,69-70H,7-27,29,32-42,44-59,61-62,64-68H2,1-6H3,(H-,73,75,77,78)/p+1/b30-28+,43-31+,63-60-. The van der Waals surface area contributed by atoms with E-state index >= 15 is 0 Å². The van der Waals surface area contributed by atoms with Crippen LogP contribution < -0.4 is 5.32 Å². The second-order valence-corrected chi connectivity index (χ2v) is 27.2. The number of nitrogens with zero attached hydrogens (tertiary/aromatic N) is 1. The monoisotopic (exact) mass is 1180 g/mol. The number of carbonyl (C=O) groups excluding carboxylic acids is 2. The number of phosphoric ester groups is 1. The largest absolute Gasteiger partial charge is 0.472 e. The van der Waals surface area contributed by atoms with Crippen molar-refractivity contribution in [3.63, 3.8) is 0 Å². The van der Waals surface area contributed by atoms with Gasteiger partial charge >= 0.3 is 13.8 Å². The first-order valence-electron chi connectivity index (χ1n) is 35.8. The zero-order valence-corrected chi connectivity index (χ0v) is 56.4. The van der Waals surface area contributed by atoms with E-state index in [0.717, 1.165) is 77.0 Å². The molecule has 3 atom stereocenters. The predicted octanol–water partition coefficient (Wildman–Crippen LogP) is 22.6. The quantitative estimate of drug-likeness (QED) is 0.0205. The van der Waals surface area contributed by atoms with Crippen LogP contribution in [0.5, 0.6) is 0 Å². The van der Waals surface area contributed by atoms with Gasteiger partial charge in [-0.1, -0.05) is 302 Å². The first-order valence-corrected chi connectivity index (χ1v) is 37.3. The first-order chi connectivity index (χ1) is 39.9. The zero-order valence-electron chi connectivity index (χ0n) is 55.5. The maximum Gasteiger partial charge on any atom is 0.472 e. The van der Waals surface area contributed by atoms with Gasteiger partial charge in [-0.15, -0.1) is 0 Å². The van der Waals surface area contributed by atoms with E-state index in [4.69, 9.17) is 13.8 Å². The minimum absolute atomic E-state index is 0.0413. The van der Waals surface area contributed by atoms with E-state index in [2.05, 4.69) is 50.4 Å². The van der Waals surface area contributed by atoms with Crippen LogP contribution in [0.1, 0.15) is 361 Å². The van der Waals surface area contributed by atoms with Gasteiger partial charge in [0.15, 0.2) is 0 Å². The number of rotatable bonds is 66. The summed E-state index contributed by atoms with van der Waals surface area (Å²) < 4.78 is 30.8. The van der Waals surface area contributed by atoms with Crippen LogP contribution in [-0.2, 0) is 27.9 Å². The van der Waals surface area contributed by atoms with Crippen molar-refractivity contribution < 1.29 is 37.3 Å². The lowest BCUT2D eigenvalue weighted by atomic mass is 10.0. The third-order valence-electron chi connectivity index (χ3n) is 16.3. The van der Waals surface area contributed by atoms with Crippen LogP contribution in [0, 0.1) is 0 Å².